The maximum atomic E-state index is 13.0. The molecule has 1 aliphatic heterocycles. The monoisotopic (exact) mass is 376 g/mol. The lowest BCUT2D eigenvalue weighted by Crippen LogP contribution is -3.16. The molecule has 2 aromatic rings. The van der Waals surface area contributed by atoms with Gasteiger partial charge in [0.15, 0.2) is 6.54 Å². The van der Waals surface area contributed by atoms with E-state index in [4.69, 9.17) is 11.6 Å². The fraction of sp³-hybridized carbons (Fsp3) is 0.350. The van der Waals surface area contributed by atoms with Crippen LogP contribution in [-0.2, 0) is 11.2 Å². The summed E-state index contributed by atoms with van der Waals surface area (Å²) in [5.41, 5.74) is 2.16. The number of nitrogens with zero attached hydrogens (tertiary/aromatic N) is 1. The molecule has 0 spiro atoms. The van der Waals surface area contributed by atoms with Crippen LogP contribution in [0.15, 0.2) is 48.5 Å². The average molecular weight is 377 g/mol. The van der Waals surface area contributed by atoms with Crippen LogP contribution in [0.5, 0.6) is 0 Å². The molecule has 1 fully saturated rings. The highest BCUT2D eigenvalue weighted by atomic mass is 35.5. The number of nitrogens with one attached hydrogen (secondary N) is 2. The van der Waals surface area contributed by atoms with Crippen molar-refractivity contribution >= 4 is 23.2 Å². The predicted octanol–water partition coefficient (Wildman–Crippen LogP) is 1.54. The third kappa shape index (κ3) is 5.44. The molecule has 0 radical (unpaired) electrons. The van der Waals surface area contributed by atoms with Crippen molar-refractivity contribution in [3.05, 3.63) is 64.9 Å². The summed E-state index contributed by atoms with van der Waals surface area (Å²) in [5, 5.41) is 3.71. The van der Waals surface area contributed by atoms with Crippen LogP contribution in [0, 0.1) is 5.82 Å². The van der Waals surface area contributed by atoms with Crippen molar-refractivity contribution < 1.29 is 14.1 Å². The third-order valence-electron chi connectivity index (χ3n) is 4.70. The number of hydrogen-bond donors (Lipinski definition) is 2. The Balaban J connectivity index is 1.37. The molecule has 1 heterocycles. The Labute approximate surface area is 158 Å². The molecule has 2 N–H and O–H groups in total. The van der Waals surface area contributed by atoms with Crippen LogP contribution in [-0.4, -0.2) is 45.2 Å². The first kappa shape index (κ1) is 18.7. The van der Waals surface area contributed by atoms with Crippen molar-refractivity contribution in [1.82, 2.24) is 5.32 Å². The summed E-state index contributed by atoms with van der Waals surface area (Å²) in [7, 11) is 0. The number of carbonyl (C=O) groups excluding carboxylic acids is 1. The minimum Gasteiger partial charge on any atom is -0.360 e. The molecule has 0 unspecified atom stereocenters. The number of quaternary nitrogens is 1. The number of halogens is 2. The van der Waals surface area contributed by atoms with Crippen LogP contribution in [0.25, 0.3) is 0 Å². The van der Waals surface area contributed by atoms with Crippen LogP contribution < -0.4 is 15.1 Å². The van der Waals surface area contributed by atoms with E-state index in [1.54, 1.807) is 0 Å². The molecule has 3 rings (SSSR count). The lowest BCUT2D eigenvalue weighted by atomic mass is 10.1. The van der Waals surface area contributed by atoms with Crippen molar-refractivity contribution in [2.75, 3.05) is 44.2 Å². The number of rotatable bonds is 6. The summed E-state index contributed by atoms with van der Waals surface area (Å²) in [4.78, 5) is 15.7. The first-order valence-corrected chi connectivity index (χ1v) is 9.33. The first-order chi connectivity index (χ1) is 12.6. The SMILES string of the molecule is O=C(C[NH+]1CCN(c2ccc(F)cc2)CC1)NCCc1cccc(Cl)c1. The van der Waals surface area contributed by atoms with E-state index in [-0.39, 0.29) is 11.7 Å². The Morgan fingerprint density at radius 3 is 2.58 bits per heavy atom. The predicted molar refractivity (Wildman–Crippen MR) is 102 cm³/mol. The van der Waals surface area contributed by atoms with Crippen molar-refractivity contribution in [1.29, 1.82) is 0 Å². The standard InChI is InChI=1S/C20H23ClFN3O/c21-17-3-1-2-16(14-17)8-9-23-20(26)15-24-10-12-25(13-11-24)19-6-4-18(22)5-7-19/h1-7,14H,8-13,15H2,(H,23,26)/p+1. The van der Waals surface area contributed by atoms with Gasteiger partial charge in [-0.25, -0.2) is 4.39 Å². The molecule has 0 bridgehead atoms. The quantitative estimate of drug-likeness (QED) is 0.802. The zero-order valence-corrected chi connectivity index (χ0v) is 15.4. The van der Waals surface area contributed by atoms with Gasteiger partial charge in [0.2, 0.25) is 0 Å². The van der Waals surface area contributed by atoms with Crippen LogP contribution in [0.1, 0.15) is 5.56 Å². The first-order valence-electron chi connectivity index (χ1n) is 8.95. The van der Waals surface area contributed by atoms with Crippen molar-refractivity contribution in [3.8, 4) is 0 Å². The second kappa shape index (κ2) is 9.01. The highest BCUT2D eigenvalue weighted by Crippen LogP contribution is 2.14. The molecule has 0 aromatic heterocycles. The maximum absolute atomic E-state index is 13.0. The number of amides is 1. The molecule has 138 valence electrons. The molecule has 4 nitrogen and oxygen atoms in total. The largest absolute Gasteiger partial charge is 0.360 e. The second-order valence-electron chi connectivity index (χ2n) is 6.62. The van der Waals surface area contributed by atoms with Gasteiger partial charge < -0.3 is 15.1 Å². The molecule has 6 heteroatoms. The van der Waals surface area contributed by atoms with E-state index in [2.05, 4.69) is 10.2 Å². The van der Waals surface area contributed by atoms with E-state index in [9.17, 15) is 9.18 Å². The normalized spacial score (nSPS) is 15.1. The second-order valence-corrected chi connectivity index (χ2v) is 7.06. The summed E-state index contributed by atoms with van der Waals surface area (Å²) in [6, 6.07) is 14.3. The maximum Gasteiger partial charge on any atom is 0.275 e. The smallest absolute Gasteiger partial charge is 0.275 e. The topological polar surface area (TPSA) is 36.8 Å². The number of benzene rings is 2. The Hall–Kier alpha value is -2.11. The molecule has 1 saturated heterocycles. The van der Waals surface area contributed by atoms with Crippen LogP contribution in [0.2, 0.25) is 5.02 Å². The molecule has 0 atom stereocenters. The molecular formula is C20H24ClFN3O+. The summed E-state index contributed by atoms with van der Waals surface area (Å²) in [5.74, 6) is -0.135. The molecule has 1 amide bonds. The average Bonchev–Trinajstić information content (AvgIpc) is 2.63. The van der Waals surface area contributed by atoms with Gasteiger partial charge in [-0.2, -0.15) is 0 Å². The van der Waals surface area contributed by atoms with Crippen molar-refractivity contribution in [3.63, 3.8) is 0 Å². The van der Waals surface area contributed by atoms with Gasteiger partial charge >= 0.3 is 0 Å². The Morgan fingerprint density at radius 2 is 1.88 bits per heavy atom. The molecular weight excluding hydrogens is 353 g/mol. The van der Waals surface area contributed by atoms with E-state index in [1.165, 1.54) is 17.0 Å². The van der Waals surface area contributed by atoms with E-state index in [0.717, 1.165) is 48.9 Å². The number of piperazine rings is 1. The molecule has 1 aliphatic rings. The summed E-state index contributed by atoms with van der Waals surface area (Å²) < 4.78 is 13.0. The minimum atomic E-state index is -0.215. The molecule has 0 saturated carbocycles. The van der Waals surface area contributed by atoms with E-state index < -0.39 is 0 Å². The van der Waals surface area contributed by atoms with Crippen LogP contribution in [0.3, 0.4) is 0 Å². The Kier molecular flexibility index (Phi) is 6.47. The number of anilines is 1. The summed E-state index contributed by atoms with van der Waals surface area (Å²) >= 11 is 5.97. The highest BCUT2D eigenvalue weighted by molar-refractivity contribution is 6.30. The van der Waals surface area contributed by atoms with Gasteiger partial charge in [-0.3, -0.25) is 4.79 Å². The van der Waals surface area contributed by atoms with Gasteiger partial charge in [0.05, 0.1) is 26.2 Å². The van der Waals surface area contributed by atoms with Gasteiger partial charge in [0, 0.05) is 17.3 Å². The Morgan fingerprint density at radius 1 is 1.15 bits per heavy atom. The highest BCUT2D eigenvalue weighted by Gasteiger charge is 2.22. The van der Waals surface area contributed by atoms with E-state index in [1.807, 2.05) is 36.4 Å². The van der Waals surface area contributed by atoms with Gasteiger partial charge in [-0.15, -0.1) is 0 Å². The fourth-order valence-corrected chi connectivity index (χ4v) is 3.45. The minimum absolute atomic E-state index is 0.0808. The number of carbonyl (C=O) groups is 1. The fourth-order valence-electron chi connectivity index (χ4n) is 3.24. The van der Waals surface area contributed by atoms with Crippen LogP contribution in [0.4, 0.5) is 10.1 Å². The van der Waals surface area contributed by atoms with Crippen molar-refractivity contribution in [2.24, 2.45) is 0 Å². The molecule has 26 heavy (non-hydrogen) atoms. The van der Waals surface area contributed by atoms with E-state index >= 15 is 0 Å². The van der Waals surface area contributed by atoms with Gasteiger partial charge in [0.1, 0.15) is 5.82 Å². The summed E-state index contributed by atoms with van der Waals surface area (Å²) in [6.45, 7) is 4.66. The lowest BCUT2D eigenvalue weighted by molar-refractivity contribution is -0.892. The molecule has 0 aliphatic carbocycles. The van der Waals surface area contributed by atoms with Crippen molar-refractivity contribution in [2.45, 2.75) is 6.42 Å². The zero-order chi connectivity index (χ0) is 18.4. The van der Waals surface area contributed by atoms with Crippen LogP contribution >= 0.6 is 11.6 Å². The third-order valence-corrected chi connectivity index (χ3v) is 4.93. The Bertz CT molecular complexity index is 730. The van der Waals surface area contributed by atoms with Gasteiger partial charge in [-0.1, -0.05) is 23.7 Å². The van der Waals surface area contributed by atoms with Gasteiger partial charge in [0.25, 0.3) is 5.91 Å². The number of hydrogen-bond acceptors (Lipinski definition) is 2. The lowest BCUT2D eigenvalue weighted by Gasteiger charge is -2.33. The van der Waals surface area contributed by atoms with E-state index in [0.29, 0.717) is 13.1 Å². The van der Waals surface area contributed by atoms with Gasteiger partial charge in [-0.05, 0) is 48.4 Å². The molecule has 2 aromatic carbocycles. The summed E-state index contributed by atoms with van der Waals surface area (Å²) in [6.07, 6.45) is 0.778. The zero-order valence-electron chi connectivity index (χ0n) is 14.7.